The normalized spacial score (nSPS) is 11.3. The third-order valence-electron chi connectivity index (χ3n) is 2.91. The van der Waals surface area contributed by atoms with Crippen molar-refractivity contribution >= 4 is 12.6 Å². The summed E-state index contributed by atoms with van der Waals surface area (Å²) < 4.78 is 13.1. The molecule has 0 atom stereocenters. The molecule has 0 spiro atoms. The molecule has 0 bridgehead atoms. The highest BCUT2D eigenvalue weighted by atomic mass is 19.1. The summed E-state index contributed by atoms with van der Waals surface area (Å²) in [5, 5.41) is 18.5. The summed E-state index contributed by atoms with van der Waals surface area (Å²) in [6.45, 7) is 5.83. The van der Waals surface area contributed by atoms with Gasteiger partial charge in [0, 0.05) is 6.54 Å². The first-order chi connectivity index (χ1) is 8.40. The van der Waals surface area contributed by atoms with E-state index >= 15 is 0 Å². The Balaban J connectivity index is 2.71. The van der Waals surface area contributed by atoms with Crippen LogP contribution in [-0.4, -0.2) is 35.7 Å². The summed E-state index contributed by atoms with van der Waals surface area (Å²) in [4.78, 5) is 2.10. The summed E-state index contributed by atoms with van der Waals surface area (Å²) >= 11 is 0. The topological polar surface area (TPSA) is 43.7 Å². The monoisotopic (exact) mass is 253 g/mol. The fourth-order valence-electron chi connectivity index (χ4n) is 1.80. The second-order valence-electron chi connectivity index (χ2n) is 5.14. The first-order valence-electron chi connectivity index (χ1n) is 6.23. The van der Waals surface area contributed by atoms with Crippen LogP contribution >= 0.6 is 0 Å². The van der Waals surface area contributed by atoms with E-state index in [2.05, 4.69) is 18.7 Å². The Hall–Kier alpha value is -0.905. The molecule has 0 aromatic heterocycles. The Morgan fingerprint density at radius 3 is 2.56 bits per heavy atom. The van der Waals surface area contributed by atoms with Crippen LogP contribution in [0.5, 0.6) is 0 Å². The largest absolute Gasteiger partial charge is 0.488 e. The molecule has 2 N–H and O–H groups in total. The maximum Gasteiger partial charge on any atom is 0.488 e. The lowest BCUT2D eigenvalue weighted by molar-refractivity contribution is 0.303. The molecule has 1 rings (SSSR count). The number of hydrogen-bond acceptors (Lipinski definition) is 3. The van der Waals surface area contributed by atoms with Gasteiger partial charge in [0.2, 0.25) is 0 Å². The molecule has 18 heavy (non-hydrogen) atoms. The van der Waals surface area contributed by atoms with Crippen LogP contribution in [0.1, 0.15) is 25.8 Å². The van der Waals surface area contributed by atoms with E-state index in [1.807, 2.05) is 7.05 Å². The number of benzene rings is 1. The molecule has 1 aromatic rings. The Bertz CT molecular complexity index is 385. The van der Waals surface area contributed by atoms with E-state index in [0.717, 1.165) is 18.5 Å². The fraction of sp³-hybridized carbons (Fsp3) is 0.538. The molecule has 0 aliphatic rings. The molecule has 0 amide bonds. The van der Waals surface area contributed by atoms with Crippen LogP contribution < -0.4 is 5.46 Å². The van der Waals surface area contributed by atoms with Crippen LogP contribution in [0.2, 0.25) is 0 Å². The van der Waals surface area contributed by atoms with Gasteiger partial charge in [0.1, 0.15) is 5.82 Å². The van der Waals surface area contributed by atoms with Gasteiger partial charge >= 0.3 is 7.12 Å². The Morgan fingerprint density at radius 1 is 1.33 bits per heavy atom. The molecule has 100 valence electrons. The lowest BCUT2D eigenvalue weighted by Gasteiger charge is -2.19. The van der Waals surface area contributed by atoms with E-state index in [0.29, 0.717) is 12.5 Å². The van der Waals surface area contributed by atoms with Gasteiger partial charge in [-0.05, 0) is 49.1 Å². The van der Waals surface area contributed by atoms with Gasteiger partial charge in [-0.3, -0.25) is 0 Å². The SMILES string of the molecule is CC(C)CCN(C)Cc1ccc(F)cc1B(O)O. The number of hydrogen-bond donors (Lipinski definition) is 2. The average molecular weight is 253 g/mol. The van der Waals surface area contributed by atoms with Crippen molar-refractivity contribution in [2.24, 2.45) is 5.92 Å². The summed E-state index contributed by atoms with van der Waals surface area (Å²) in [5.74, 6) is 0.176. The van der Waals surface area contributed by atoms with E-state index < -0.39 is 12.9 Å². The standard InChI is InChI=1S/C13H21BFNO2/c1-10(2)6-7-16(3)9-11-4-5-12(15)8-13(11)14(17)18/h4-5,8,10,17-18H,6-7,9H2,1-3H3. The van der Waals surface area contributed by atoms with Gasteiger partial charge in [-0.15, -0.1) is 0 Å². The van der Waals surface area contributed by atoms with Crippen molar-refractivity contribution < 1.29 is 14.4 Å². The molecule has 0 aliphatic heterocycles. The quantitative estimate of drug-likeness (QED) is 0.743. The molecule has 5 heteroatoms. The Kier molecular flexibility index (Phi) is 5.79. The minimum Gasteiger partial charge on any atom is -0.423 e. The number of nitrogens with zero attached hydrogens (tertiary/aromatic N) is 1. The molecule has 1 aromatic carbocycles. The van der Waals surface area contributed by atoms with Gasteiger partial charge < -0.3 is 14.9 Å². The van der Waals surface area contributed by atoms with Crippen molar-refractivity contribution in [3.05, 3.63) is 29.6 Å². The van der Waals surface area contributed by atoms with Gasteiger partial charge in [-0.2, -0.15) is 0 Å². The molecular weight excluding hydrogens is 232 g/mol. The maximum absolute atomic E-state index is 13.1. The second-order valence-corrected chi connectivity index (χ2v) is 5.14. The first-order valence-corrected chi connectivity index (χ1v) is 6.23. The smallest absolute Gasteiger partial charge is 0.423 e. The van der Waals surface area contributed by atoms with Crippen LogP contribution in [0.15, 0.2) is 18.2 Å². The van der Waals surface area contributed by atoms with Crippen LogP contribution in [0.25, 0.3) is 0 Å². The molecule has 0 radical (unpaired) electrons. The predicted molar refractivity (Wildman–Crippen MR) is 72.0 cm³/mol. The molecular formula is C13H21BFNO2. The van der Waals surface area contributed by atoms with Crippen LogP contribution in [-0.2, 0) is 6.54 Å². The van der Waals surface area contributed by atoms with Crippen LogP contribution in [0.3, 0.4) is 0 Å². The number of rotatable bonds is 6. The average Bonchev–Trinajstić information content (AvgIpc) is 2.28. The summed E-state index contributed by atoms with van der Waals surface area (Å²) in [7, 11) is 0.341. The van der Waals surface area contributed by atoms with Gasteiger partial charge in [0.05, 0.1) is 0 Å². The first kappa shape index (κ1) is 15.2. The number of halogens is 1. The third-order valence-corrected chi connectivity index (χ3v) is 2.91. The van der Waals surface area contributed by atoms with E-state index in [4.69, 9.17) is 0 Å². The van der Waals surface area contributed by atoms with E-state index in [9.17, 15) is 14.4 Å². The zero-order chi connectivity index (χ0) is 13.7. The highest BCUT2D eigenvalue weighted by Gasteiger charge is 2.17. The highest BCUT2D eigenvalue weighted by Crippen LogP contribution is 2.07. The second kappa shape index (κ2) is 6.88. The third kappa shape index (κ3) is 4.76. The van der Waals surface area contributed by atoms with Gasteiger partial charge in [-0.1, -0.05) is 19.9 Å². The zero-order valence-corrected chi connectivity index (χ0v) is 11.2. The van der Waals surface area contributed by atoms with Crippen molar-refractivity contribution in [3.8, 4) is 0 Å². The molecule has 0 saturated heterocycles. The van der Waals surface area contributed by atoms with Gasteiger partial charge in [0.25, 0.3) is 0 Å². The summed E-state index contributed by atoms with van der Waals surface area (Å²) in [6, 6.07) is 4.13. The summed E-state index contributed by atoms with van der Waals surface area (Å²) in [5.41, 5.74) is 0.990. The lowest BCUT2D eigenvalue weighted by Crippen LogP contribution is -2.35. The zero-order valence-electron chi connectivity index (χ0n) is 11.2. The fourth-order valence-corrected chi connectivity index (χ4v) is 1.80. The minimum absolute atomic E-state index is 0.242. The summed E-state index contributed by atoms with van der Waals surface area (Å²) in [6.07, 6.45) is 1.08. The molecule has 0 fully saturated rings. The molecule has 3 nitrogen and oxygen atoms in total. The van der Waals surface area contributed by atoms with Crippen LogP contribution in [0.4, 0.5) is 4.39 Å². The lowest BCUT2D eigenvalue weighted by atomic mass is 9.77. The minimum atomic E-state index is -1.63. The predicted octanol–water partition coefficient (Wildman–Crippen LogP) is 0.983. The molecule has 0 heterocycles. The van der Waals surface area contributed by atoms with Crippen molar-refractivity contribution in [2.45, 2.75) is 26.8 Å². The van der Waals surface area contributed by atoms with Gasteiger partial charge in [-0.25, -0.2) is 4.39 Å². The Morgan fingerprint density at radius 2 is 2.00 bits per heavy atom. The van der Waals surface area contributed by atoms with E-state index in [1.54, 1.807) is 6.07 Å². The molecule has 0 unspecified atom stereocenters. The van der Waals surface area contributed by atoms with Crippen LogP contribution in [0, 0.1) is 11.7 Å². The maximum atomic E-state index is 13.1. The van der Waals surface area contributed by atoms with E-state index in [1.165, 1.54) is 12.1 Å². The Labute approximate surface area is 108 Å². The van der Waals surface area contributed by atoms with Crippen molar-refractivity contribution in [1.82, 2.24) is 4.90 Å². The van der Waals surface area contributed by atoms with E-state index in [-0.39, 0.29) is 5.46 Å². The molecule has 0 saturated carbocycles. The van der Waals surface area contributed by atoms with Crippen molar-refractivity contribution in [3.63, 3.8) is 0 Å². The van der Waals surface area contributed by atoms with Gasteiger partial charge in [0.15, 0.2) is 0 Å². The van der Waals surface area contributed by atoms with Crippen molar-refractivity contribution in [2.75, 3.05) is 13.6 Å². The highest BCUT2D eigenvalue weighted by molar-refractivity contribution is 6.59. The molecule has 0 aliphatic carbocycles. The van der Waals surface area contributed by atoms with Crippen molar-refractivity contribution in [1.29, 1.82) is 0 Å².